The van der Waals surface area contributed by atoms with Crippen molar-refractivity contribution in [3.05, 3.63) is 72.2 Å². The molecule has 0 fully saturated rings. The van der Waals surface area contributed by atoms with Crippen molar-refractivity contribution in [2.45, 2.75) is 13.5 Å². The fourth-order valence-electron chi connectivity index (χ4n) is 2.23. The van der Waals surface area contributed by atoms with Crippen molar-refractivity contribution in [1.82, 2.24) is 9.55 Å². The maximum atomic E-state index is 5.72. The maximum absolute atomic E-state index is 5.72. The number of hydrogen-bond acceptors (Lipinski definition) is 2. The van der Waals surface area contributed by atoms with Crippen molar-refractivity contribution >= 4 is 5.69 Å². The van der Waals surface area contributed by atoms with Crippen LogP contribution in [0.5, 0.6) is 0 Å². The molecule has 3 aromatic rings. The molecule has 0 saturated heterocycles. The van der Waals surface area contributed by atoms with Crippen molar-refractivity contribution < 1.29 is 0 Å². The van der Waals surface area contributed by atoms with Crippen molar-refractivity contribution in [2.75, 3.05) is 5.73 Å². The van der Waals surface area contributed by atoms with Crippen molar-refractivity contribution in [3.8, 4) is 11.3 Å². The predicted octanol–water partition coefficient (Wildman–Crippen LogP) is 3.49. The number of anilines is 1. The van der Waals surface area contributed by atoms with Crippen LogP contribution >= 0.6 is 0 Å². The Morgan fingerprint density at radius 3 is 2.40 bits per heavy atom. The van der Waals surface area contributed by atoms with Crippen LogP contribution in [0.2, 0.25) is 0 Å². The minimum atomic E-state index is 0.790. The molecule has 100 valence electrons. The lowest BCUT2D eigenvalue weighted by atomic mass is 10.1. The zero-order valence-electron chi connectivity index (χ0n) is 11.5. The standard InChI is InChI=1S/C17H17N3/c1-13-2-6-15(7-3-13)17-10-19-12-20(17)11-14-4-8-16(18)9-5-14/h2-10,12H,11,18H2,1H3. The van der Waals surface area contributed by atoms with E-state index in [4.69, 9.17) is 5.73 Å². The number of aryl methyl sites for hydroxylation is 1. The van der Waals surface area contributed by atoms with E-state index in [1.54, 1.807) is 0 Å². The quantitative estimate of drug-likeness (QED) is 0.735. The van der Waals surface area contributed by atoms with Gasteiger partial charge in [-0.05, 0) is 30.2 Å². The number of imidazole rings is 1. The third-order valence-electron chi connectivity index (χ3n) is 3.39. The lowest BCUT2D eigenvalue weighted by Gasteiger charge is -2.09. The van der Waals surface area contributed by atoms with Crippen molar-refractivity contribution in [3.63, 3.8) is 0 Å². The molecule has 2 aromatic carbocycles. The van der Waals surface area contributed by atoms with Crippen LogP contribution in [0, 0.1) is 6.92 Å². The Bertz CT molecular complexity index is 694. The third kappa shape index (κ3) is 2.57. The van der Waals surface area contributed by atoms with Crippen molar-refractivity contribution in [1.29, 1.82) is 0 Å². The molecule has 2 N–H and O–H groups in total. The molecule has 1 heterocycles. The zero-order chi connectivity index (χ0) is 13.9. The monoisotopic (exact) mass is 263 g/mol. The molecule has 0 unspecified atom stereocenters. The zero-order valence-corrected chi connectivity index (χ0v) is 11.5. The van der Waals surface area contributed by atoms with Gasteiger partial charge in [-0.1, -0.05) is 42.0 Å². The fraction of sp³-hybridized carbons (Fsp3) is 0.118. The van der Waals surface area contributed by atoms with Gasteiger partial charge in [-0.15, -0.1) is 0 Å². The SMILES string of the molecule is Cc1ccc(-c2cncn2Cc2ccc(N)cc2)cc1. The molecule has 0 radical (unpaired) electrons. The summed E-state index contributed by atoms with van der Waals surface area (Å²) in [5.74, 6) is 0. The highest BCUT2D eigenvalue weighted by Crippen LogP contribution is 2.20. The van der Waals surface area contributed by atoms with Gasteiger partial charge in [0.05, 0.1) is 18.2 Å². The largest absolute Gasteiger partial charge is 0.399 e. The molecule has 0 amide bonds. The van der Waals surface area contributed by atoms with Gasteiger partial charge in [0.1, 0.15) is 0 Å². The highest BCUT2D eigenvalue weighted by Gasteiger charge is 2.05. The summed E-state index contributed by atoms with van der Waals surface area (Å²) in [5.41, 5.74) is 11.3. The van der Waals surface area contributed by atoms with Crippen LogP contribution in [0.3, 0.4) is 0 Å². The van der Waals surface area contributed by atoms with E-state index in [0.717, 1.165) is 17.9 Å². The molecule has 20 heavy (non-hydrogen) atoms. The molecular formula is C17H17N3. The molecule has 3 heteroatoms. The first-order valence-corrected chi connectivity index (χ1v) is 6.64. The predicted molar refractivity (Wildman–Crippen MR) is 82.4 cm³/mol. The van der Waals surface area contributed by atoms with Gasteiger partial charge in [-0.25, -0.2) is 4.98 Å². The minimum Gasteiger partial charge on any atom is -0.399 e. The first-order chi connectivity index (χ1) is 9.72. The lowest BCUT2D eigenvalue weighted by molar-refractivity contribution is 0.805. The van der Waals surface area contributed by atoms with Crippen LogP contribution in [0.25, 0.3) is 11.3 Å². The second-order valence-corrected chi connectivity index (χ2v) is 5.01. The lowest BCUT2D eigenvalue weighted by Crippen LogP contribution is -2.00. The van der Waals surface area contributed by atoms with Gasteiger partial charge in [0, 0.05) is 12.2 Å². The van der Waals surface area contributed by atoms with Crippen LogP contribution < -0.4 is 5.73 Å². The van der Waals surface area contributed by atoms with Crippen LogP contribution in [0.15, 0.2) is 61.1 Å². The molecule has 0 aliphatic heterocycles. The van der Waals surface area contributed by atoms with Crippen molar-refractivity contribution in [2.24, 2.45) is 0 Å². The number of nitrogens with two attached hydrogens (primary N) is 1. The van der Waals surface area contributed by atoms with Gasteiger partial charge in [0.15, 0.2) is 0 Å². The van der Waals surface area contributed by atoms with E-state index in [1.807, 2.05) is 36.8 Å². The summed E-state index contributed by atoms with van der Waals surface area (Å²) in [6, 6.07) is 16.5. The summed E-state index contributed by atoms with van der Waals surface area (Å²) >= 11 is 0. The summed E-state index contributed by atoms with van der Waals surface area (Å²) in [5, 5.41) is 0. The Labute approximate surface area is 118 Å². The van der Waals surface area contributed by atoms with E-state index in [0.29, 0.717) is 0 Å². The minimum absolute atomic E-state index is 0.790. The summed E-state index contributed by atoms with van der Waals surface area (Å²) in [7, 11) is 0. The van der Waals surface area contributed by atoms with E-state index in [1.165, 1.54) is 16.7 Å². The normalized spacial score (nSPS) is 10.7. The first kappa shape index (κ1) is 12.5. The Kier molecular flexibility index (Phi) is 3.25. The summed E-state index contributed by atoms with van der Waals surface area (Å²) in [4.78, 5) is 4.27. The first-order valence-electron chi connectivity index (χ1n) is 6.64. The van der Waals surface area contributed by atoms with E-state index in [9.17, 15) is 0 Å². The maximum Gasteiger partial charge on any atom is 0.0954 e. The topological polar surface area (TPSA) is 43.8 Å². The Hall–Kier alpha value is -2.55. The van der Waals surface area contributed by atoms with Gasteiger partial charge in [-0.2, -0.15) is 0 Å². The molecule has 0 aliphatic rings. The molecule has 0 atom stereocenters. The number of aromatic nitrogens is 2. The molecule has 0 spiro atoms. The number of hydrogen-bond donors (Lipinski definition) is 1. The fourth-order valence-corrected chi connectivity index (χ4v) is 2.23. The van der Waals surface area contributed by atoms with Crippen LogP contribution in [-0.4, -0.2) is 9.55 Å². The molecule has 3 nitrogen and oxygen atoms in total. The van der Waals surface area contributed by atoms with E-state index < -0.39 is 0 Å². The van der Waals surface area contributed by atoms with Gasteiger partial charge in [0.25, 0.3) is 0 Å². The van der Waals surface area contributed by atoms with Crippen LogP contribution in [0.4, 0.5) is 5.69 Å². The third-order valence-corrected chi connectivity index (χ3v) is 3.39. The summed E-state index contributed by atoms with van der Waals surface area (Å²) in [6.45, 7) is 2.89. The average Bonchev–Trinajstić information content (AvgIpc) is 2.90. The molecule has 0 bridgehead atoms. The van der Waals surface area contributed by atoms with E-state index >= 15 is 0 Å². The summed E-state index contributed by atoms with van der Waals surface area (Å²) < 4.78 is 2.15. The van der Waals surface area contributed by atoms with Crippen LogP contribution in [-0.2, 0) is 6.54 Å². The van der Waals surface area contributed by atoms with Gasteiger partial charge in [-0.3, -0.25) is 0 Å². The number of nitrogens with zero attached hydrogens (tertiary/aromatic N) is 2. The van der Waals surface area contributed by atoms with Gasteiger partial charge in [0.2, 0.25) is 0 Å². The number of benzene rings is 2. The average molecular weight is 263 g/mol. The molecule has 3 rings (SSSR count). The van der Waals surface area contributed by atoms with E-state index in [2.05, 4.69) is 40.7 Å². The van der Waals surface area contributed by atoms with E-state index in [-0.39, 0.29) is 0 Å². The molecular weight excluding hydrogens is 246 g/mol. The van der Waals surface area contributed by atoms with Gasteiger partial charge < -0.3 is 10.3 Å². The second-order valence-electron chi connectivity index (χ2n) is 5.01. The molecule has 0 saturated carbocycles. The molecule has 1 aromatic heterocycles. The highest BCUT2D eigenvalue weighted by molar-refractivity contribution is 5.59. The Morgan fingerprint density at radius 1 is 1.00 bits per heavy atom. The number of rotatable bonds is 3. The van der Waals surface area contributed by atoms with Gasteiger partial charge >= 0.3 is 0 Å². The Morgan fingerprint density at radius 2 is 1.70 bits per heavy atom. The van der Waals surface area contributed by atoms with Crippen LogP contribution in [0.1, 0.15) is 11.1 Å². The Balaban J connectivity index is 1.90. The smallest absolute Gasteiger partial charge is 0.0954 e. The number of nitrogen functional groups attached to an aromatic ring is 1. The second kappa shape index (κ2) is 5.21. The highest BCUT2D eigenvalue weighted by atomic mass is 15.0. The summed E-state index contributed by atoms with van der Waals surface area (Å²) in [6.07, 6.45) is 3.77. The molecule has 0 aliphatic carbocycles.